The van der Waals surface area contributed by atoms with Crippen LogP contribution in [-0.4, -0.2) is 36.1 Å². The van der Waals surface area contributed by atoms with E-state index in [4.69, 9.17) is 30.5 Å². The number of imide groups is 1. The number of methoxy groups -OCH3 is 1. The van der Waals surface area contributed by atoms with Gasteiger partial charge in [0.25, 0.3) is 11.1 Å². The molecule has 9 heteroatoms. The molecule has 1 atom stereocenters. The molecular formula is C23H22ClNO6S. The van der Waals surface area contributed by atoms with E-state index in [0.717, 1.165) is 28.6 Å². The van der Waals surface area contributed by atoms with E-state index in [0.29, 0.717) is 38.5 Å². The summed E-state index contributed by atoms with van der Waals surface area (Å²) < 4.78 is 22.0. The van der Waals surface area contributed by atoms with Gasteiger partial charge in [0.05, 0.1) is 24.7 Å². The van der Waals surface area contributed by atoms with Gasteiger partial charge in [0.2, 0.25) is 6.79 Å². The van der Waals surface area contributed by atoms with Gasteiger partial charge in [-0.3, -0.25) is 14.5 Å². The van der Waals surface area contributed by atoms with Crippen molar-refractivity contribution in [3.63, 3.8) is 0 Å². The van der Waals surface area contributed by atoms with E-state index in [9.17, 15) is 9.59 Å². The van der Waals surface area contributed by atoms with Crippen LogP contribution in [0.5, 0.6) is 23.0 Å². The molecule has 1 fully saturated rings. The van der Waals surface area contributed by atoms with Crippen LogP contribution in [0.2, 0.25) is 5.02 Å². The summed E-state index contributed by atoms with van der Waals surface area (Å²) in [4.78, 5) is 27.0. The van der Waals surface area contributed by atoms with Crippen molar-refractivity contribution in [2.75, 3.05) is 13.9 Å². The number of ether oxygens (including phenoxy) is 4. The van der Waals surface area contributed by atoms with Crippen molar-refractivity contribution >= 4 is 40.6 Å². The number of fused-ring (bicyclic) bond motifs is 1. The second kappa shape index (κ2) is 9.34. The van der Waals surface area contributed by atoms with E-state index >= 15 is 0 Å². The molecule has 2 aliphatic rings. The predicted octanol–water partition coefficient (Wildman–Crippen LogP) is 5.49. The van der Waals surface area contributed by atoms with Crippen molar-refractivity contribution in [1.29, 1.82) is 0 Å². The second-order valence-electron chi connectivity index (χ2n) is 7.31. The van der Waals surface area contributed by atoms with Crippen LogP contribution in [0.25, 0.3) is 6.08 Å². The molecule has 0 saturated carbocycles. The molecule has 2 heterocycles. The lowest BCUT2D eigenvalue weighted by atomic mass is 10.1. The molecular weight excluding hydrogens is 454 g/mol. The zero-order valence-electron chi connectivity index (χ0n) is 17.8. The average Bonchev–Trinajstić information content (AvgIpc) is 3.33. The molecule has 2 aliphatic heterocycles. The summed E-state index contributed by atoms with van der Waals surface area (Å²) in [6.45, 7) is 4.18. The Morgan fingerprint density at radius 2 is 1.94 bits per heavy atom. The zero-order valence-corrected chi connectivity index (χ0v) is 19.4. The van der Waals surface area contributed by atoms with E-state index in [1.807, 2.05) is 19.9 Å². The standard InChI is InChI=1S/C23H22ClNO6S/c1-4-13(2)31-17-6-5-14(7-18(17)28-3)8-21-22(26)25(23(27)32-21)11-15-9-19-20(10-16(15)24)30-12-29-19/h5-10,13H,4,11-12H2,1-3H3/b21-8-/t13-/m0/s1. The van der Waals surface area contributed by atoms with E-state index in [2.05, 4.69) is 0 Å². The highest BCUT2D eigenvalue weighted by atomic mass is 35.5. The summed E-state index contributed by atoms with van der Waals surface area (Å²) in [5.41, 5.74) is 1.33. The van der Waals surface area contributed by atoms with Gasteiger partial charge in [-0.15, -0.1) is 0 Å². The number of nitrogens with zero attached hydrogens (tertiary/aromatic N) is 1. The van der Waals surface area contributed by atoms with Gasteiger partial charge in [-0.25, -0.2) is 0 Å². The largest absolute Gasteiger partial charge is 0.493 e. The molecule has 0 N–H and O–H groups in total. The van der Waals surface area contributed by atoms with Crippen molar-refractivity contribution in [3.8, 4) is 23.0 Å². The average molecular weight is 476 g/mol. The molecule has 1 saturated heterocycles. The fraction of sp³-hybridized carbons (Fsp3) is 0.304. The number of hydrogen-bond donors (Lipinski definition) is 0. The number of hydrogen-bond acceptors (Lipinski definition) is 7. The van der Waals surface area contributed by atoms with E-state index in [1.54, 1.807) is 37.5 Å². The first kappa shape index (κ1) is 22.4. The van der Waals surface area contributed by atoms with Gasteiger partial charge in [0, 0.05) is 11.1 Å². The van der Waals surface area contributed by atoms with Crippen LogP contribution in [0.1, 0.15) is 31.4 Å². The van der Waals surface area contributed by atoms with Crippen LogP contribution in [-0.2, 0) is 11.3 Å². The SMILES string of the molecule is CC[C@H](C)Oc1ccc(/C=C2\SC(=O)N(Cc3cc4c(cc3Cl)OCO4)C2=O)cc1OC. The van der Waals surface area contributed by atoms with Gasteiger partial charge in [-0.2, -0.15) is 0 Å². The summed E-state index contributed by atoms with van der Waals surface area (Å²) >= 11 is 7.20. The molecule has 2 aromatic carbocycles. The van der Waals surface area contributed by atoms with Gasteiger partial charge < -0.3 is 18.9 Å². The van der Waals surface area contributed by atoms with E-state index in [1.165, 1.54) is 0 Å². The Hall–Kier alpha value is -2.84. The molecule has 168 valence electrons. The molecule has 0 bridgehead atoms. The lowest BCUT2D eigenvalue weighted by Gasteiger charge is -2.16. The molecule has 0 aromatic heterocycles. The molecule has 0 aliphatic carbocycles. The lowest BCUT2D eigenvalue weighted by molar-refractivity contribution is -0.123. The Morgan fingerprint density at radius 1 is 1.19 bits per heavy atom. The van der Waals surface area contributed by atoms with Gasteiger partial charge >= 0.3 is 0 Å². The third-order valence-electron chi connectivity index (χ3n) is 5.13. The number of thioether (sulfide) groups is 1. The molecule has 2 aromatic rings. The van der Waals surface area contributed by atoms with Crippen LogP contribution < -0.4 is 18.9 Å². The van der Waals surface area contributed by atoms with Crippen molar-refractivity contribution in [2.24, 2.45) is 0 Å². The van der Waals surface area contributed by atoms with Gasteiger partial charge in [-0.1, -0.05) is 24.6 Å². The second-order valence-corrected chi connectivity index (χ2v) is 8.71. The molecule has 32 heavy (non-hydrogen) atoms. The highest BCUT2D eigenvalue weighted by Gasteiger charge is 2.35. The molecule has 2 amide bonds. The lowest BCUT2D eigenvalue weighted by Crippen LogP contribution is -2.27. The quantitative estimate of drug-likeness (QED) is 0.490. The third kappa shape index (κ3) is 4.52. The Bertz CT molecular complexity index is 1100. The minimum absolute atomic E-state index is 0.0441. The number of halogens is 1. The highest BCUT2D eigenvalue weighted by Crippen LogP contribution is 2.40. The van der Waals surface area contributed by atoms with Gasteiger partial charge in [0.1, 0.15) is 0 Å². The predicted molar refractivity (Wildman–Crippen MR) is 122 cm³/mol. The molecule has 7 nitrogen and oxygen atoms in total. The Labute approximate surface area is 195 Å². The normalized spacial score (nSPS) is 17.2. The fourth-order valence-electron chi connectivity index (χ4n) is 3.21. The third-order valence-corrected chi connectivity index (χ3v) is 6.39. The highest BCUT2D eigenvalue weighted by molar-refractivity contribution is 8.18. The summed E-state index contributed by atoms with van der Waals surface area (Å²) in [6, 6.07) is 8.72. The number of amides is 2. The van der Waals surface area contributed by atoms with Crippen LogP contribution in [0.3, 0.4) is 0 Å². The van der Waals surface area contributed by atoms with Crippen molar-refractivity contribution in [3.05, 3.63) is 51.4 Å². The smallest absolute Gasteiger partial charge is 0.293 e. The van der Waals surface area contributed by atoms with Gasteiger partial charge in [-0.05, 0) is 60.5 Å². The minimum Gasteiger partial charge on any atom is -0.493 e. The minimum atomic E-state index is -0.382. The van der Waals surface area contributed by atoms with Crippen LogP contribution in [0.4, 0.5) is 4.79 Å². The van der Waals surface area contributed by atoms with Crippen LogP contribution >= 0.6 is 23.4 Å². The van der Waals surface area contributed by atoms with E-state index < -0.39 is 0 Å². The van der Waals surface area contributed by atoms with Gasteiger partial charge in [0.15, 0.2) is 23.0 Å². The maximum Gasteiger partial charge on any atom is 0.293 e. The topological polar surface area (TPSA) is 74.3 Å². The maximum absolute atomic E-state index is 12.9. The number of benzene rings is 2. The number of carbonyl (C=O) groups excluding carboxylic acids is 2. The summed E-state index contributed by atoms with van der Waals surface area (Å²) in [7, 11) is 1.56. The number of carbonyl (C=O) groups is 2. The summed E-state index contributed by atoms with van der Waals surface area (Å²) in [6.07, 6.45) is 2.59. The Morgan fingerprint density at radius 3 is 2.66 bits per heavy atom. The van der Waals surface area contributed by atoms with Crippen molar-refractivity contribution < 1.29 is 28.5 Å². The van der Waals surface area contributed by atoms with Crippen LogP contribution in [0.15, 0.2) is 35.2 Å². The molecule has 0 spiro atoms. The first-order valence-corrected chi connectivity index (χ1v) is 11.3. The molecule has 0 radical (unpaired) electrons. The van der Waals surface area contributed by atoms with Crippen molar-refractivity contribution in [1.82, 2.24) is 4.90 Å². The molecule has 4 rings (SSSR count). The zero-order chi connectivity index (χ0) is 22.8. The maximum atomic E-state index is 12.9. The Balaban J connectivity index is 1.54. The first-order chi connectivity index (χ1) is 15.4. The first-order valence-electron chi connectivity index (χ1n) is 10.1. The number of rotatable bonds is 7. The summed E-state index contributed by atoms with van der Waals surface area (Å²) in [5, 5.41) is 0.0394. The van der Waals surface area contributed by atoms with Crippen LogP contribution in [0, 0.1) is 0 Å². The molecule has 0 unspecified atom stereocenters. The Kier molecular flexibility index (Phi) is 6.53. The van der Waals surface area contributed by atoms with Crippen molar-refractivity contribution in [2.45, 2.75) is 32.9 Å². The fourth-order valence-corrected chi connectivity index (χ4v) is 4.26. The summed E-state index contributed by atoms with van der Waals surface area (Å²) in [5.74, 6) is 1.89. The van der Waals surface area contributed by atoms with E-state index in [-0.39, 0.29) is 30.6 Å². The monoisotopic (exact) mass is 475 g/mol.